The highest BCUT2D eigenvalue weighted by atomic mass is 16.5. The van der Waals surface area contributed by atoms with Crippen LogP contribution in [0.5, 0.6) is 5.75 Å². The van der Waals surface area contributed by atoms with Crippen LogP contribution in [0.25, 0.3) is 0 Å². The summed E-state index contributed by atoms with van der Waals surface area (Å²) in [5.74, 6) is -0.901. The summed E-state index contributed by atoms with van der Waals surface area (Å²) in [6, 6.07) is 12.3. The molecule has 154 valence electrons. The highest BCUT2D eigenvalue weighted by molar-refractivity contribution is 5.97. The van der Waals surface area contributed by atoms with E-state index < -0.39 is 23.9 Å². The molecule has 2 N–H and O–H groups in total. The number of carbonyl (C=O) groups is 3. The SMILES string of the molecule is CCOc1ccc(C(=O)NCC(=O)O[C@@H](C)C(=O)Nc2cc(C)ccc2C)cc1. The topological polar surface area (TPSA) is 93.7 Å². The Kier molecular flexibility index (Phi) is 7.77. The largest absolute Gasteiger partial charge is 0.494 e. The molecule has 0 saturated heterocycles. The minimum atomic E-state index is -0.996. The Morgan fingerprint density at radius 2 is 1.72 bits per heavy atom. The zero-order valence-electron chi connectivity index (χ0n) is 17.1. The summed E-state index contributed by atoms with van der Waals surface area (Å²) in [5, 5.41) is 5.22. The molecule has 0 aliphatic heterocycles. The van der Waals surface area contributed by atoms with Gasteiger partial charge in [-0.1, -0.05) is 12.1 Å². The van der Waals surface area contributed by atoms with Gasteiger partial charge in [0.25, 0.3) is 11.8 Å². The lowest BCUT2D eigenvalue weighted by atomic mass is 10.1. The van der Waals surface area contributed by atoms with E-state index in [0.717, 1.165) is 11.1 Å². The van der Waals surface area contributed by atoms with Crippen molar-refractivity contribution in [3.05, 3.63) is 59.2 Å². The van der Waals surface area contributed by atoms with Crippen LogP contribution >= 0.6 is 0 Å². The minimum absolute atomic E-state index is 0.340. The van der Waals surface area contributed by atoms with Gasteiger partial charge < -0.3 is 20.1 Å². The first-order valence-electron chi connectivity index (χ1n) is 9.38. The fraction of sp³-hybridized carbons (Fsp3) is 0.318. The van der Waals surface area contributed by atoms with Crippen molar-refractivity contribution >= 4 is 23.5 Å². The fourth-order valence-electron chi connectivity index (χ4n) is 2.52. The molecule has 0 bridgehead atoms. The first-order valence-corrected chi connectivity index (χ1v) is 9.38. The van der Waals surface area contributed by atoms with Crippen molar-refractivity contribution in [2.45, 2.75) is 33.8 Å². The molecule has 7 heteroatoms. The maximum absolute atomic E-state index is 12.3. The quantitative estimate of drug-likeness (QED) is 0.667. The molecule has 0 aliphatic rings. The van der Waals surface area contributed by atoms with Crippen LogP contribution < -0.4 is 15.4 Å². The molecule has 1 atom stereocenters. The minimum Gasteiger partial charge on any atom is -0.494 e. The molecule has 7 nitrogen and oxygen atoms in total. The first kappa shape index (κ1) is 21.9. The summed E-state index contributed by atoms with van der Waals surface area (Å²) in [5.41, 5.74) is 2.97. The molecule has 0 aliphatic carbocycles. The van der Waals surface area contributed by atoms with Gasteiger partial charge in [0, 0.05) is 11.3 Å². The molecular weight excluding hydrogens is 372 g/mol. The Bertz CT molecular complexity index is 877. The summed E-state index contributed by atoms with van der Waals surface area (Å²) in [6.45, 7) is 7.34. The van der Waals surface area contributed by atoms with Crippen molar-refractivity contribution in [2.24, 2.45) is 0 Å². The number of aryl methyl sites for hydroxylation is 2. The van der Waals surface area contributed by atoms with Gasteiger partial charge in [-0.3, -0.25) is 14.4 Å². The van der Waals surface area contributed by atoms with Crippen molar-refractivity contribution < 1.29 is 23.9 Å². The zero-order chi connectivity index (χ0) is 21.4. The first-order chi connectivity index (χ1) is 13.8. The summed E-state index contributed by atoms with van der Waals surface area (Å²) in [7, 11) is 0. The van der Waals surface area contributed by atoms with Crippen LogP contribution in [-0.4, -0.2) is 37.0 Å². The van der Waals surface area contributed by atoms with Gasteiger partial charge >= 0.3 is 5.97 Å². The molecule has 0 radical (unpaired) electrons. The second-order valence-electron chi connectivity index (χ2n) is 6.58. The van der Waals surface area contributed by atoms with Gasteiger partial charge in [0.1, 0.15) is 12.3 Å². The van der Waals surface area contributed by atoms with Crippen molar-refractivity contribution in [3.8, 4) is 5.75 Å². The van der Waals surface area contributed by atoms with Gasteiger partial charge in [0.05, 0.1) is 6.61 Å². The van der Waals surface area contributed by atoms with E-state index >= 15 is 0 Å². The van der Waals surface area contributed by atoms with E-state index in [2.05, 4.69) is 10.6 Å². The highest BCUT2D eigenvalue weighted by Crippen LogP contribution is 2.17. The van der Waals surface area contributed by atoms with E-state index in [1.165, 1.54) is 6.92 Å². The van der Waals surface area contributed by atoms with Crippen molar-refractivity contribution in [1.82, 2.24) is 5.32 Å². The third-order valence-corrected chi connectivity index (χ3v) is 4.15. The fourth-order valence-corrected chi connectivity index (χ4v) is 2.52. The van der Waals surface area contributed by atoms with Crippen LogP contribution in [0.3, 0.4) is 0 Å². The van der Waals surface area contributed by atoms with Crippen LogP contribution in [0.15, 0.2) is 42.5 Å². The maximum atomic E-state index is 12.3. The average Bonchev–Trinajstić information content (AvgIpc) is 2.69. The van der Waals surface area contributed by atoms with E-state index in [9.17, 15) is 14.4 Å². The van der Waals surface area contributed by atoms with Crippen LogP contribution in [0.1, 0.15) is 35.3 Å². The van der Waals surface area contributed by atoms with Gasteiger partial charge in [-0.25, -0.2) is 0 Å². The van der Waals surface area contributed by atoms with E-state index in [-0.39, 0.29) is 6.54 Å². The number of ether oxygens (including phenoxy) is 2. The normalized spacial score (nSPS) is 11.3. The summed E-state index contributed by atoms with van der Waals surface area (Å²) in [4.78, 5) is 36.3. The number of nitrogens with one attached hydrogen (secondary N) is 2. The average molecular weight is 398 g/mol. The number of hydrogen-bond donors (Lipinski definition) is 2. The molecule has 0 unspecified atom stereocenters. The molecule has 2 aromatic carbocycles. The van der Waals surface area contributed by atoms with Gasteiger partial charge in [0.2, 0.25) is 0 Å². The van der Waals surface area contributed by atoms with Gasteiger partial charge in [-0.15, -0.1) is 0 Å². The third kappa shape index (κ3) is 6.64. The molecule has 2 rings (SSSR count). The Labute approximate surface area is 170 Å². The lowest BCUT2D eigenvalue weighted by Crippen LogP contribution is -2.35. The molecule has 0 fully saturated rings. The monoisotopic (exact) mass is 398 g/mol. The number of amides is 2. The summed E-state index contributed by atoms with van der Waals surface area (Å²) in [6.07, 6.45) is -0.996. The lowest BCUT2D eigenvalue weighted by molar-refractivity contribution is -0.152. The predicted octanol–water partition coefficient (Wildman–Crippen LogP) is 3.00. The molecule has 0 heterocycles. The van der Waals surface area contributed by atoms with Crippen LogP contribution in [0.4, 0.5) is 5.69 Å². The van der Waals surface area contributed by atoms with Crippen molar-refractivity contribution in [2.75, 3.05) is 18.5 Å². The number of anilines is 1. The van der Waals surface area contributed by atoms with E-state index in [0.29, 0.717) is 23.6 Å². The van der Waals surface area contributed by atoms with Gasteiger partial charge in [0.15, 0.2) is 6.10 Å². The van der Waals surface area contributed by atoms with Gasteiger partial charge in [-0.2, -0.15) is 0 Å². The Balaban J connectivity index is 1.82. The van der Waals surface area contributed by atoms with Gasteiger partial charge in [-0.05, 0) is 69.2 Å². The van der Waals surface area contributed by atoms with Crippen LogP contribution in [0.2, 0.25) is 0 Å². The number of esters is 1. The van der Waals surface area contributed by atoms with Crippen molar-refractivity contribution in [1.29, 1.82) is 0 Å². The second kappa shape index (κ2) is 10.3. The van der Waals surface area contributed by atoms with Crippen LogP contribution in [-0.2, 0) is 14.3 Å². The molecule has 0 aromatic heterocycles. The Hall–Kier alpha value is -3.35. The Morgan fingerprint density at radius 3 is 2.38 bits per heavy atom. The van der Waals surface area contributed by atoms with E-state index in [1.54, 1.807) is 24.3 Å². The molecule has 2 amide bonds. The van der Waals surface area contributed by atoms with Crippen molar-refractivity contribution in [3.63, 3.8) is 0 Å². The number of hydrogen-bond acceptors (Lipinski definition) is 5. The smallest absolute Gasteiger partial charge is 0.326 e. The Morgan fingerprint density at radius 1 is 1.03 bits per heavy atom. The maximum Gasteiger partial charge on any atom is 0.326 e. The highest BCUT2D eigenvalue weighted by Gasteiger charge is 2.19. The standard InChI is InChI=1S/C22H26N2O5/c1-5-28-18-10-8-17(9-11-18)22(27)23-13-20(25)29-16(4)21(26)24-19-12-14(2)6-7-15(19)3/h6-12,16H,5,13H2,1-4H3,(H,23,27)(H,24,26)/t16-/m0/s1. The second-order valence-corrected chi connectivity index (χ2v) is 6.58. The van der Waals surface area contributed by atoms with E-state index in [4.69, 9.17) is 9.47 Å². The van der Waals surface area contributed by atoms with E-state index in [1.807, 2.05) is 39.0 Å². The lowest BCUT2D eigenvalue weighted by Gasteiger charge is -2.15. The number of rotatable bonds is 8. The molecule has 0 spiro atoms. The molecule has 29 heavy (non-hydrogen) atoms. The molecule has 0 saturated carbocycles. The third-order valence-electron chi connectivity index (χ3n) is 4.15. The zero-order valence-corrected chi connectivity index (χ0v) is 17.1. The molecular formula is C22H26N2O5. The summed E-state index contributed by atoms with van der Waals surface area (Å²) < 4.78 is 10.4. The molecule has 2 aromatic rings. The summed E-state index contributed by atoms with van der Waals surface area (Å²) >= 11 is 0. The van der Waals surface area contributed by atoms with Crippen LogP contribution in [0, 0.1) is 13.8 Å². The number of benzene rings is 2. The number of carbonyl (C=O) groups excluding carboxylic acids is 3. The predicted molar refractivity (Wildman–Crippen MR) is 110 cm³/mol.